The van der Waals surface area contributed by atoms with Crippen LogP contribution in [0.3, 0.4) is 0 Å². The van der Waals surface area contributed by atoms with Gasteiger partial charge in [-0.15, -0.1) is 13.2 Å². The molecule has 1 aromatic carbocycles. The first kappa shape index (κ1) is 12.6. The molecule has 0 saturated carbocycles. The van der Waals surface area contributed by atoms with Gasteiger partial charge in [0.1, 0.15) is 11.5 Å². The van der Waals surface area contributed by atoms with Gasteiger partial charge in [0.15, 0.2) is 0 Å². The average Bonchev–Trinajstić information content (AvgIpc) is 2.18. The number of rotatable bonds is 4. The average molecular weight is 235 g/mol. The predicted molar refractivity (Wildman–Crippen MR) is 52.2 cm³/mol. The lowest BCUT2D eigenvalue weighted by Crippen LogP contribution is -2.17. The monoisotopic (exact) mass is 235 g/mol. The van der Waals surface area contributed by atoms with E-state index in [2.05, 4.69) is 4.74 Å². The van der Waals surface area contributed by atoms with Crippen LogP contribution >= 0.6 is 0 Å². The van der Waals surface area contributed by atoms with E-state index in [4.69, 9.17) is 10.5 Å². The fourth-order valence-corrected chi connectivity index (χ4v) is 1.21. The number of benzene rings is 1. The number of halogens is 3. The highest BCUT2D eigenvalue weighted by atomic mass is 19.4. The summed E-state index contributed by atoms with van der Waals surface area (Å²) in [6.45, 7) is 2.29. The van der Waals surface area contributed by atoms with E-state index in [1.54, 1.807) is 6.92 Å². The summed E-state index contributed by atoms with van der Waals surface area (Å²) in [7, 11) is 0. The lowest BCUT2D eigenvalue weighted by atomic mass is 10.2. The maximum absolute atomic E-state index is 11.9. The van der Waals surface area contributed by atoms with Gasteiger partial charge in [-0.2, -0.15) is 0 Å². The maximum atomic E-state index is 11.9. The third-order valence-corrected chi connectivity index (χ3v) is 1.79. The molecule has 0 unspecified atom stereocenters. The normalized spacial score (nSPS) is 11.3. The molecule has 0 saturated heterocycles. The molecule has 2 N–H and O–H groups in total. The maximum Gasteiger partial charge on any atom is 0.573 e. The molecule has 0 radical (unpaired) electrons. The molecule has 16 heavy (non-hydrogen) atoms. The zero-order valence-electron chi connectivity index (χ0n) is 8.67. The van der Waals surface area contributed by atoms with E-state index in [-0.39, 0.29) is 12.3 Å². The summed E-state index contributed by atoms with van der Waals surface area (Å²) in [6, 6.07) is 3.82. The fourth-order valence-electron chi connectivity index (χ4n) is 1.21. The Hall–Kier alpha value is -1.43. The van der Waals surface area contributed by atoms with Crippen molar-refractivity contribution in [3.05, 3.63) is 23.8 Å². The van der Waals surface area contributed by atoms with Crippen LogP contribution in [0.2, 0.25) is 0 Å². The molecule has 3 nitrogen and oxygen atoms in total. The van der Waals surface area contributed by atoms with Crippen molar-refractivity contribution in [3.8, 4) is 11.5 Å². The number of alkyl halides is 3. The highest BCUT2D eigenvalue weighted by Crippen LogP contribution is 2.28. The van der Waals surface area contributed by atoms with E-state index in [1.165, 1.54) is 18.2 Å². The molecule has 90 valence electrons. The minimum Gasteiger partial charge on any atom is -0.494 e. The van der Waals surface area contributed by atoms with E-state index >= 15 is 0 Å². The van der Waals surface area contributed by atoms with Gasteiger partial charge in [-0.1, -0.05) is 0 Å². The van der Waals surface area contributed by atoms with Gasteiger partial charge in [-0.05, 0) is 25.1 Å². The second-order valence-corrected chi connectivity index (χ2v) is 2.95. The second kappa shape index (κ2) is 5.07. The van der Waals surface area contributed by atoms with E-state index in [1.807, 2.05) is 0 Å². The summed E-state index contributed by atoms with van der Waals surface area (Å²) in [5, 5.41) is 0. The molecule has 0 aliphatic carbocycles. The van der Waals surface area contributed by atoms with Gasteiger partial charge < -0.3 is 15.2 Å². The molecule has 0 bridgehead atoms. The Labute approximate surface area is 91.0 Å². The summed E-state index contributed by atoms with van der Waals surface area (Å²) in [5.74, 6) is 0.177. The van der Waals surface area contributed by atoms with Gasteiger partial charge in [-0.25, -0.2) is 0 Å². The molecule has 0 atom stereocenters. The van der Waals surface area contributed by atoms with Crippen molar-refractivity contribution in [3.63, 3.8) is 0 Å². The van der Waals surface area contributed by atoms with Crippen molar-refractivity contribution in [2.45, 2.75) is 19.8 Å². The largest absolute Gasteiger partial charge is 0.573 e. The highest BCUT2D eigenvalue weighted by Gasteiger charge is 2.31. The van der Waals surface area contributed by atoms with Crippen molar-refractivity contribution in [2.24, 2.45) is 5.73 Å². The minimum atomic E-state index is -4.70. The molecule has 0 heterocycles. The van der Waals surface area contributed by atoms with E-state index < -0.39 is 6.36 Å². The summed E-state index contributed by atoms with van der Waals surface area (Å²) >= 11 is 0. The quantitative estimate of drug-likeness (QED) is 0.871. The SMILES string of the molecule is CCOc1ccc(OC(F)(F)F)cc1CN. The van der Waals surface area contributed by atoms with Crippen LogP contribution in [0.4, 0.5) is 13.2 Å². The number of hydrogen-bond acceptors (Lipinski definition) is 3. The Balaban J connectivity index is 2.90. The van der Waals surface area contributed by atoms with Gasteiger partial charge in [0.25, 0.3) is 0 Å². The molecule has 0 aliphatic heterocycles. The van der Waals surface area contributed by atoms with Crippen molar-refractivity contribution in [1.82, 2.24) is 0 Å². The number of hydrogen-bond donors (Lipinski definition) is 1. The van der Waals surface area contributed by atoms with Crippen molar-refractivity contribution < 1.29 is 22.6 Å². The van der Waals surface area contributed by atoms with Crippen LogP contribution in [-0.2, 0) is 6.54 Å². The smallest absolute Gasteiger partial charge is 0.494 e. The van der Waals surface area contributed by atoms with Gasteiger partial charge >= 0.3 is 6.36 Å². The van der Waals surface area contributed by atoms with Gasteiger partial charge in [-0.3, -0.25) is 0 Å². The lowest BCUT2D eigenvalue weighted by molar-refractivity contribution is -0.274. The highest BCUT2D eigenvalue weighted by molar-refractivity contribution is 5.40. The van der Waals surface area contributed by atoms with Gasteiger partial charge in [0.05, 0.1) is 6.61 Å². The Kier molecular flexibility index (Phi) is 4.00. The first-order valence-electron chi connectivity index (χ1n) is 4.67. The molecule has 1 aromatic rings. The zero-order valence-corrected chi connectivity index (χ0v) is 8.67. The molecule has 0 spiro atoms. The molecule has 0 aliphatic rings. The van der Waals surface area contributed by atoms with E-state index in [0.717, 1.165) is 0 Å². The first-order chi connectivity index (χ1) is 7.46. The van der Waals surface area contributed by atoms with Gasteiger partial charge in [0, 0.05) is 12.1 Å². The summed E-state index contributed by atoms with van der Waals surface area (Å²) in [4.78, 5) is 0. The third kappa shape index (κ3) is 3.62. The Bertz CT molecular complexity index is 352. The van der Waals surface area contributed by atoms with Crippen molar-refractivity contribution in [1.29, 1.82) is 0 Å². The second-order valence-electron chi connectivity index (χ2n) is 2.95. The summed E-state index contributed by atoms with van der Waals surface area (Å²) in [6.07, 6.45) is -4.70. The minimum absolute atomic E-state index is 0.0877. The van der Waals surface area contributed by atoms with Crippen LogP contribution in [0.1, 0.15) is 12.5 Å². The molecular formula is C10H12F3NO2. The van der Waals surface area contributed by atoms with Crippen molar-refractivity contribution >= 4 is 0 Å². The molecule has 0 fully saturated rings. The topological polar surface area (TPSA) is 44.5 Å². The molecule has 6 heteroatoms. The van der Waals surface area contributed by atoms with Crippen LogP contribution in [-0.4, -0.2) is 13.0 Å². The van der Waals surface area contributed by atoms with Crippen LogP contribution in [0.25, 0.3) is 0 Å². The summed E-state index contributed by atoms with van der Waals surface area (Å²) < 4.78 is 44.8. The van der Waals surface area contributed by atoms with Crippen LogP contribution < -0.4 is 15.2 Å². The molecular weight excluding hydrogens is 223 g/mol. The first-order valence-corrected chi connectivity index (χ1v) is 4.67. The van der Waals surface area contributed by atoms with Crippen LogP contribution in [0.15, 0.2) is 18.2 Å². The van der Waals surface area contributed by atoms with Crippen LogP contribution in [0.5, 0.6) is 11.5 Å². The lowest BCUT2D eigenvalue weighted by Gasteiger charge is -2.12. The molecule has 0 amide bonds. The van der Waals surface area contributed by atoms with E-state index in [9.17, 15) is 13.2 Å². The van der Waals surface area contributed by atoms with Gasteiger partial charge in [0.2, 0.25) is 0 Å². The number of nitrogens with two attached hydrogens (primary N) is 1. The number of ether oxygens (including phenoxy) is 2. The Morgan fingerprint density at radius 2 is 2.00 bits per heavy atom. The van der Waals surface area contributed by atoms with Crippen LogP contribution in [0, 0.1) is 0 Å². The zero-order chi connectivity index (χ0) is 12.2. The molecule has 0 aromatic heterocycles. The van der Waals surface area contributed by atoms with E-state index in [0.29, 0.717) is 17.9 Å². The fraction of sp³-hybridized carbons (Fsp3) is 0.400. The van der Waals surface area contributed by atoms with Crippen molar-refractivity contribution in [2.75, 3.05) is 6.61 Å². The molecule has 1 rings (SSSR count). The predicted octanol–water partition coefficient (Wildman–Crippen LogP) is 2.44. The Morgan fingerprint density at radius 3 is 2.50 bits per heavy atom. The third-order valence-electron chi connectivity index (χ3n) is 1.79. The summed E-state index contributed by atoms with van der Waals surface area (Å²) in [5.41, 5.74) is 5.87. The standard InChI is InChI=1S/C10H12F3NO2/c1-2-15-9-4-3-8(5-7(9)6-14)16-10(11,12)13/h3-5H,2,6,14H2,1H3. The Morgan fingerprint density at radius 1 is 1.31 bits per heavy atom.